The van der Waals surface area contributed by atoms with Crippen LogP contribution in [0.5, 0.6) is 0 Å². The van der Waals surface area contributed by atoms with Crippen LogP contribution < -0.4 is 0 Å². The Morgan fingerprint density at radius 1 is 0.750 bits per heavy atom. The molecule has 1 atom stereocenters. The first kappa shape index (κ1) is 21.9. The molecule has 0 N–H and O–H groups in total. The first-order chi connectivity index (χ1) is 15.5. The molecule has 1 aromatic heterocycles. The van der Waals surface area contributed by atoms with Gasteiger partial charge < -0.3 is 0 Å². The number of hydrogen-bond donors (Lipinski definition) is 0. The molecular weight excluding hydrogens is 394 g/mol. The molecule has 5 heteroatoms. The zero-order chi connectivity index (χ0) is 22.5. The number of aryl methyl sites for hydroxylation is 2. The van der Waals surface area contributed by atoms with Crippen molar-refractivity contribution in [2.45, 2.75) is 46.8 Å². The van der Waals surface area contributed by atoms with E-state index in [9.17, 15) is 0 Å². The van der Waals surface area contributed by atoms with Gasteiger partial charge in [0.15, 0.2) is 5.82 Å². The molecule has 0 radical (unpaired) electrons. The van der Waals surface area contributed by atoms with Gasteiger partial charge in [0.25, 0.3) is 0 Å². The first-order valence-electron chi connectivity index (χ1n) is 11.2. The lowest BCUT2D eigenvalue weighted by molar-refractivity contribution is 0.128. The monoisotopic (exact) mass is 425 g/mol. The molecule has 0 saturated carbocycles. The van der Waals surface area contributed by atoms with Gasteiger partial charge in [0, 0.05) is 13.1 Å². The van der Waals surface area contributed by atoms with Crippen LogP contribution in [0.1, 0.15) is 48.0 Å². The van der Waals surface area contributed by atoms with Gasteiger partial charge in [0.1, 0.15) is 0 Å². The Labute approximate surface area is 190 Å². The van der Waals surface area contributed by atoms with Crippen molar-refractivity contribution >= 4 is 0 Å². The first-order valence-corrected chi connectivity index (χ1v) is 11.2. The molecule has 4 aromatic rings. The summed E-state index contributed by atoms with van der Waals surface area (Å²) in [6, 6.07) is 27.6. The third-order valence-electron chi connectivity index (χ3n) is 5.89. The van der Waals surface area contributed by atoms with E-state index >= 15 is 0 Å². The SMILES string of the molecule is Cc1cccc(C)c1-n1nnnc1[C@H](C(C)C)N(Cc1ccccc1)Cc1ccccc1. The van der Waals surface area contributed by atoms with Gasteiger partial charge in [-0.3, -0.25) is 4.90 Å². The summed E-state index contributed by atoms with van der Waals surface area (Å²) >= 11 is 0. The van der Waals surface area contributed by atoms with Crippen LogP contribution in [0.2, 0.25) is 0 Å². The lowest BCUT2D eigenvalue weighted by Gasteiger charge is -2.34. The number of aromatic nitrogens is 4. The number of para-hydroxylation sites is 1. The zero-order valence-electron chi connectivity index (χ0n) is 19.3. The van der Waals surface area contributed by atoms with E-state index in [1.165, 1.54) is 22.3 Å². The molecule has 0 saturated heterocycles. The summed E-state index contributed by atoms with van der Waals surface area (Å²) in [4.78, 5) is 2.49. The molecule has 0 aliphatic heterocycles. The van der Waals surface area contributed by atoms with Crippen LogP contribution in [0.25, 0.3) is 5.69 Å². The fraction of sp³-hybridized carbons (Fsp3) is 0.296. The second-order valence-electron chi connectivity index (χ2n) is 8.75. The van der Waals surface area contributed by atoms with Gasteiger partial charge in [0.05, 0.1) is 11.7 Å². The predicted octanol–water partition coefficient (Wildman–Crippen LogP) is 5.68. The summed E-state index contributed by atoms with van der Waals surface area (Å²) in [5.74, 6) is 1.20. The molecule has 5 nitrogen and oxygen atoms in total. The summed E-state index contributed by atoms with van der Waals surface area (Å²) in [5, 5.41) is 13.1. The Hall–Kier alpha value is -3.31. The zero-order valence-corrected chi connectivity index (χ0v) is 19.3. The fourth-order valence-electron chi connectivity index (χ4n) is 4.45. The topological polar surface area (TPSA) is 46.8 Å². The van der Waals surface area contributed by atoms with E-state index in [0.29, 0.717) is 5.92 Å². The van der Waals surface area contributed by atoms with Gasteiger partial charge in [-0.1, -0.05) is 92.7 Å². The molecule has 0 bridgehead atoms. The lowest BCUT2D eigenvalue weighted by Crippen LogP contribution is -2.33. The van der Waals surface area contributed by atoms with E-state index in [1.54, 1.807) is 0 Å². The largest absolute Gasteiger partial charge is 0.284 e. The van der Waals surface area contributed by atoms with Crippen LogP contribution in [-0.4, -0.2) is 25.1 Å². The third-order valence-corrected chi connectivity index (χ3v) is 5.89. The summed E-state index contributed by atoms with van der Waals surface area (Å²) in [6.07, 6.45) is 0. The summed E-state index contributed by atoms with van der Waals surface area (Å²) in [7, 11) is 0. The van der Waals surface area contributed by atoms with E-state index in [1.807, 2.05) is 4.68 Å². The maximum Gasteiger partial charge on any atom is 0.174 e. The molecule has 0 fully saturated rings. The van der Waals surface area contributed by atoms with Crippen LogP contribution in [0.15, 0.2) is 78.9 Å². The molecule has 0 amide bonds. The van der Waals surface area contributed by atoms with E-state index in [-0.39, 0.29) is 6.04 Å². The molecule has 164 valence electrons. The van der Waals surface area contributed by atoms with Crippen molar-refractivity contribution in [3.8, 4) is 5.69 Å². The van der Waals surface area contributed by atoms with Crippen molar-refractivity contribution in [1.82, 2.24) is 25.1 Å². The summed E-state index contributed by atoms with van der Waals surface area (Å²) < 4.78 is 1.94. The molecular formula is C27H31N5. The number of tetrazole rings is 1. The van der Waals surface area contributed by atoms with Gasteiger partial charge >= 0.3 is 0 Å². The summed E-state index contributed by atoms with van der Waals surface area (Å²) in [6.45, 7) is 10.4. The molecule has 32 heavy (non-hydrogen) atoms. The predicted molar refractivity (Wildman–Crippen MR) is 128 cm³/mol. The van der Waals surface area contributed by atoms with Crippen LogP contribution in [0, 0.1) is 19.8 Å². The van der Waals surface area contributed by atoms with Crippen molar-refractivity contribution in [2.75, 3.05) is 0 Å². The second-order valence-corrected chi connectivity index (χ2v) is 8.75. The van der Waals surface area contributed by atoms with Crippen molar-refractivity contribution in [1.29, 1.82) is 0 Å². The molecule has 4 rings (SSSR count). The third kappa shape index (κ3) is 4.78. The van der Waals surface area contributed by atoms with Crippen molar-refractivity contribution in [2.24, 2.45) is 5.92 Å². The maximum absolute atomic E-state index is 4.56. The fourth-order valence-corrected chi connectivity index (χ4v) is 4.45. The van der Waals surface area contributed by atoms with Crippen molar-refractivity contribution in [3.05, 3.63) is 107 Å². The highest BCUT2D eigenvalue weighted by atomic mass is 15.6. The molecule has 0 aliphatic rings. The van der Waals surface area contributed by atoms with E-state index in [4.69, 9.17) is 0 Å². The lowest BCUT2D eigenvalue weighted by atomic mass is 9.99. The Kier molecular flexibility index (Phi) is 6.76. The second kappa shape index (κ2) is 9.88. The highest BCUT2D eigenvalue weighted by Gasteiger charge is 2.30. The quantitative estimate of drug-likeness (QED) is 0.364. The molecule has 0 spiro atoms. The van der Waals surface area contributed by atoms with Gasteiger partial charge in [-0.15, -0.1) is 5.10 Å². The van der Waals surface area contributed by atoms with Gasteiger partial charge in [-0.25, -0.2) is 0 Å². The molecule has 0 aliphatic carbocycles. The van der Waals surface area contributed by atoms with Crippen LogP contribution in [0.4, 0.5) is 0 Å². The summed E-state index contributed by atoms with van der Waals surface area (Å²) in [5.41, 5.74) is 5.95. The van der Waals surface area contributed by atoms with E-state index in [2.05, 4.69) is 127 Å². The maximum atomic E-state index is 4.56. The van der Waals surface area contributed by atoms with Gasteiger partial charge in [-0.05, 0) is 52.4 Å². The molecule has 0 unspecified atom stereocenters. The van der Waals surface area contributed by atoms with Crippen molar-refractivity contribution < 1.29 is 0 Å². The molecule has 1 heterocycles. The van der Waals surface area contributed by atoms with Gasteiger partial charge in [0.2, 0.25) is 0 Å². The van der Waals surface area contributed by atoms with Gasteiger partial charge in [-0.2, -0.15) is 4.68 Å². The normalized spacial score (nSPS) is 12.4. The van der Waals surface area contributed by atoms with E-state index in [0.717, 1.165) is 24.6 Å². The highest BCUT2D eigenvalue weighted by Crippen LogP contribution is 2.32. The van der Waals surface area contributed by atoms with Crippen molar-refractivity contribution in [3.63, 3.8) is 0 Å². The Balaban J connectivity index is 1.78. The highest BCUT2D eigenvalue weighted by molar-refractivity contribution is 5.46. The van der Waals surface area contributed by atoms with Crippen LogP contribution in [-0.2, 0) is 13.1 Å². The van der Waals surface area contributed by atoms with E-state index < -0.39 is 0 Å². The number of hydrogen-bond acceptors (Lipinski definition) is 4. The minimum Gasteiger partial charge on any atom is -0.284 e. The minimum absolute atomic E-state index is 0.0458. The van der Waals surface area contributed by atoms with Crippen LogP contribution >= 0.6 is 0 Å². The Bertz CT molecular complexity index is 1070. The average molecular weight is 426 g/mol. The number of rotatable bonds is 8. The molecule has 3 aromatic carbocycles. The minimum atomic E-state index is 0.0458. The number of benzene rings is 3. The number of nitrogens with zero attached hydrogens (tertiary/aromatic N) is 5. The van der Waals surface area contributed by atoms with Crippen LogP contribution in [0.3, 0.4) is 0 Å². The average Bonchev–Trinajstić information content (AvgIpc) is 3.23. The Morgan fingerprint density at radius 3 is 1.78 bits per heavy atom. The smallest absolute Gasteiger partial charge is 0.174 e. The Morgan fingerprint density at radius 2 is 1.28 bits per heavy atom. The standard InChI is InChI=1S/C27H31N5/c1-20(2)25(27-28-29-30-32(27)26-21(3)12-11-13-22(26)4)31(18-23-14-7-5-8-15-23)19-24-16-9-6-10-17-24/h5-17,20,25H,18-19H2,1-4H3/t25-/m0/s1.